The molecule has 0 saturated carbocycles. The van der Waals surface area contributed by atoms with E-state index < -0.39 is 6.04 Å². The molecule has 4 nitrogen and oxygen atoms in total. The number of carbonyl (C=O) groups is 2. The lowest BCUT2D eigenvalue weighted by Crippen LogP contribution is -2.44. The zero-order chi connectivity index (χ0) is 10.3. The topological polar surface area (TPSA) is 58.2 Å². The van der Waals surface area contributed by atoms with Crippen molar-refractivity contribution in [1.29, 1.82) is 0 Å². The highest BCUT2D eigenvalue weighted by atomic mass is 16.2. The standard InChI is InChI=1S/C9H18N2O2/c1-4-10-9(13)8(11-6-12)5-7(2)3/h6-8H,4-5H2,1-3H3,(H,10,13)(H,11,12). The van der Waals surface area contributed by atoms with Gasteiger partial charge in [-0.2, -0.15) is 0 Å². The second-order valence-electron chi connectivity index (χ2n) is 3.36. The van der Waals surface area contributed by atoms with E-state index in [2.05, 4.69) is 10.6 Å². The molecule has 0 aliphatic heterocycles. The van der Waals surface area contributed by atoms with E-state index in [1.807, 2.05) is 20.8 Å². The highest BCUT2D eigenvalue weighted by Gasteiger charge is 2.17. The Hall–Kier alpha value is -1.06. The molecule has 0 aromatic carbocycles. The van der Waals surface area contributed by atoms with Crippen LogP contribution in [0.3, 0.4) is 0 Å². The van der Waals surface area contributed by atoms with Crippen molar-refractivity contribution in [3.63, 3.8) is 0 Å². The van der Waals surface area contributed by atoms with Gasteiger partial charge in [-0.15, -0.1) is 0 Å². The Balaban J connectivity index is 4.05. The van der Waals surface area contributed by atoms with E-state index in [0.29, 0.717) is 25.3 Å². The summed E-state index contributed by atoms with van der Waals surface area (Å²) in [6, 6.07) is -0.391. The van der Waals surface area contributed by atoms with Crippen molar-refractivity contribution in [2.75, 3.05) is 6.54 Å². The number of likely N-dealkylation sites (N-methyl/N-ethyl adjacent to an activating group) is 1. The number of hydrogen-bond donors (Lipinski definition) is 2. The Labute approximate surface area is 79.1 Å². The largest absolute Gasteiger partial charge is 0.355 e. The molecule has 0 bridgehead atoms. The summed E-state index contributed by atoms with van der Waals surface area (Å²) in [5, 5.41) is 5.18. The summed E-state index contributed by atoms with van der Waals surface area (Å²) in [7, 11) is 0. The molecule has 4 heteroatoms. The Morgan fingerprint density at radius 1 is 1.46 bits per heavy atom. The normalized spacial score (nSPS) is 12.3. The van der Waals surface area contributed by atoms with Crippen LogP contribution in [0.25, 0.3) is 0 Å². The second kappa shape index (κ2) is 6.46. The molecule has 13 heavy (non-hydrogen) atoms. The summed E-state index contributed by atoms with van der Waals surface area (Å²) < 4.78 is 0. The molecular weight excluding hydrogens is 168 g/mol. The third-order valence-electron chi connectivity index (χ3n) is 1.64. The van der Waals surface area contributed by atoms with E-state index in [9.17, 15) is 9.59 Å². The van der Waals surface area contributed by atoms with Gasteiger partial charge in [-0.3, -0.25) is 9.59 Å². The van der Waals surface area contributed by atoms with Gasteiger partial charge < -0.3 is 10.6 Å². The molecule has 0 radical (unpaired) electrons. The van der Waals surface area contributed by atoms with Crippen LogP contribution in [0.4, 0.5) is 0 Å². The highest BCUT2D eigenvalue weighted by Crippen LogP contribution is 2.03. The van der Waals surface area contributed by atoms with Crippen LogP contribution in [-0.4, -0.2) is 24.9 Å². The fraction of sp³-hybridized carbons (Fsp3) is 0.778. The monoisotopic (exact) mass is 186 g/mol. The zero-order valence-electron chi connectivity index (χ0n) is 8.46. The van der Waals surface area contributed by atoms with E-state index >= 15 is 0 Å². The summed E-state index contributed by atoms with van der Waals surface area (Å²) in [5.41, 5.74) is 0. The molecule has 0 aromatic rings. The van der Waals surface area contributed by atoms with Crippen molar-refractivity contribution in [2.45, 2.75) is 33.2 Å². The lowest BCUT2D eigenvalue weighted by molar-refractivity contribution is -0.125. The minimum atomic E-state index is -0.391. The Morgan fingerprint density at radius 2 is 2.08 bits per heavy atom. The van der Waals surface area contributed by atoms with Crippen LogP contribution in [0.1, 0.15) is 27.2 Å². The van der Waals surface area contributed by atoms with Crippen LogP contribution in [0, 0.1) is 5.92 Å². The third-order valence-corrected chi connectivity index (χ3v) is 1.64. The first kappa shape index (κ1) is 11.9. The summed E-state index contributed by atoms with van der Waals surface area (Å²) in [6.45, 7) is 6.47. The van der Waals surface area contributed by atoms with E-state index in [-0.39, 0.29) is 5.91 Å². The van der Waals surface area contributed by atoms with Crippen LogP contribution in [0.15, 0.2) is 0 Å². The van der Waals surface area contributed by atoms with Gasteiger partial charge in [0.2, 0.25) is 12.3 Å². The average molecular weight is 186 g/mol. The molecule has 0 fully saturated rings. The molecule has 2 amide bonds. The van der Waals surface area contributed by atoms with Gasteiger partial charge in [0, 0.05) is 6.54 Å². The lowest BCUT2D eigenvalue weighted by Gasteiger charge is -2.16. The van der Waals surface area contributed by atoms with Gasteiger partial charge in [0.1, 0.15) is 6.04 Å². The Bertz CT molecular complexity index is 169. The highest BCUT2D eigenvalue weighted by molar-refractivity contribution is 5.83. The molecule has 0 aliphatic rings. The first-order valence-electron chi connectivity index (χ1n) is 4.59. The maximum atomic E-state index is 11.3. The maximum Gasteiger partial charge on any atom is 0.242 e. The van der Waals surface area contributed by atoms with Crippen molar-refractivity contribution in [3.05, 3.63) is 0 Å². The van der Waals surface area contributed by atoms with Crippen molar-refractivity contribution in [1.82, 2.24) is 10.6 Å². The molecule has 0 rings (SSSR count). The van der Waals surface area contributed by atoms with Crippen LogP contribution < -0.4 is 10.6 Å². The fourth-order valence-electron chi connectivity index (χ4n) is 1.10. The first-order valence-corrected chi connectivity index (χ1v) is 4.59. The molecule has 0 aliphatic carbocycles. The fourth-order valence-corrected chi connectivity index (χ4v) is 1.10. The van der Waals surface area contributed by atoms with Gasteiger partial charge in [0.05, 0.1) is 0 Å². The van der Waals surface area contributed by atoms with Crippen molar-refractivity contribution < 1.29 is 9.59 Å². The van der Waals surface area contributed by atoms with E-state index in [4.69, 9.17) is 0 Å². The molecule has 1 atom stereocenters. The van der Waals surface area contributed by atoms with Gasteiger partial charge in [-0.1, -0.05) is 13.8 Å². The molecule has 2 N–H and O–H groups in total. The number of nitrogens with one attached hydrogen (secondary N) is 2. The number of amides is 2. The number of rotatable bonds is 6. The molecule has 0 saturated heterocycles. The van der Waals surface area contributed by atoms with E-state index in [0.717, 1.165) is 0 Å². The summed E-state index contributed by atoms with van der Waals surface area (Å²) in [4.78, 5) is 21.6. The number of hydrogen-bond acceptors (Lipinski definition) is 2. The van der Waals surface area contributed by atoms with Gasteiger partial charge in [-0.05, 0) is 19.3 Å². The predicted molar refractivity (Wildman–Crippen MR) is 51.1 cm³/mol. The van der Waals surface area contributed by atoms with Crippen LogP contribution in [0.2, 0.25) is 0 Å². The zero-order valence-corrected chi connectivity index (χ0v) is 8.46. The summed E-state index contributed by atoms with van der Waals surface area (Å²) in [5.74, 6) is 0.281. The van der Waals surface area contributed by atoms with Crippen molar-refractivity contribution in [2.24, 2.45) is 5.92 Å². The van der Waals surface area contributed by atoms with Crippen LogP contribution >= 0.6 is 0 Å². The predicted octanol–water partition coefficient (Wildman–Crippen LogP) is 0.283. The second-order valence-corrected chi connectivity index (χ2v) is 3.36. The average Bonchev–Trinajstić information content (AvgIpc) is 2.03. The van der Waals surface area contributed by atoms with Crippen molar-refractivity contribution >= 4 is 12.3 Å². The Morgan fingerprint density at radius 3 is 2.46 bits per heavy atom. The molecule has 0 aromatic heterocycles. The van der Waals surface area contributed by atoms with Crippen LogP contribution in [-0.2, 0) is 9.59 Å². The molecule has 1 unspecified atom stereocenters. The van der Waals surface area contributed by atoms with Gasteiger partial charge in [0.25, 0.3) is 0 Å². The smallest absolute Gasteiger partial charge is 0.242 e. The van der Waals surface area contributed by atoms with Gasteiger partial charge in [0.15, 0.2) is 0 Å². The SMILES string of the molecule is CCNC(=O)C(CC(C)C)NC=O. The Kier molecular flexibility index (Phi) is 5.93. The van der Waals surface area contributed by atoms with Gasteiger partial charge >= 0.3 is 0 Å². The lowest BCUT2D eigenvalue weighted by atomic mass is 10.0. The minimum absolute atomic E-state index is 0.108. The van der Waals surface area contributed by atoms with Crippen LogP contribution in [0.5, 0.6) is 0 Å². The summed E-state index contributed by atoms with van der Waals surface area (Å²) in [6.07, 6.45) is 1.24. The summed E-state index contributed by atoms with van der Waals surface area (Å²) >= 11 is 0. The molecule has 0 spiro atoms. The maximum absolute atomic E-state index is 11.3. The quantitative estimate of drug-likeness (QED) is 0.585. The minimum Gasteiger partial charge on any atom is -0.355 e. The van der Waals surface area contributed by atoms with E-state index in [1.54, 1.807) is 0 Å². The van der Waals surface area contributed by atoms with E-state index in [1.165, 1.54) is 0 Å². The third kappa shape index (κ3) is 5.22. The first-order chi connectivity index (χ1) is 6.11. The molecular formula is C9H18N2O2. The van der Waals surface area contributed by atoms with Crippen molar-refractivity contribution in [3.8, 4) is 0 Å². The molecule has 0 heterocycles. The van der Waals surface area contributed by atoms with Gasteiger partial charge in [-0.25, -0.2) is 0 Å². The molecule has 76 valence electrons. The number of carbonyl (C=O) groups excluding carboxylic acids is 2.